The van der Waals surface area contributed by atoms with E-state index >= 15 is 0 Å². The van der Waals surface area contributed by atoms with Crippen LogP contribution in [0.5, 0.6) is 5.88 Å². The molecule has 0 spiro atoms. The summed E-state index contributed by atoms with van der Waals surface area (Å²) >= 11 is 0. The van der Waals surface area contributed by atoms with E-state index in [0.717, 1.165) is 13.1 Å². The molecule has 2 atom stereocenters. The average molecular weight is 249 g/mol. The fraction of sp³-hybridized carbons (Fsp3) is 0.643. The predicted octanol–water partition coefficient (Wildman–Crippen LogP) is 1.82. The Morgan fingerprint density at radius 2 is 2.28 bits per heavy atom. The minimum atomic E-state index is 0.385. The number of methoxy groups -OCH3 is 1. The Hall–Kier alpha value is -1.13. The molecule has 1 fully saturated rings. The van der Waals surface area contributed by atoms with E-state index in [2.05, 4.69) is 23.0 Å². The molecule has 0 aromatic carbocycles. The Balaban J connectivity index is 2.24. The highest BCUT2D eigenvalue weighted by Gasteiger charge is 2.28. The molecule has 1 saturated heterocycles. The summed E-state index contributed by atoms with van der Waals surface area (Å²) in [6.45, 7) is 1.87. The van der Waals surface area contributed by atoms with Gasteiger partial charge in [0.05, 0.1) is 7.11 Å². The van der Waals surface area contributed by atoms with Crippen LogP contribution in [-0.4, -0.2) is 37.1 Å². The summed E-state index contributed by atoms with van der Waals surface area (Å²) in [5.74, 6) is 1.19. The lowest BCUT2D eigenvalue weighted by Gasteiger charge is -2.31. The molecule has 2 rings (SSSR count). The summed E-state index contributed by atoms with van der Waals surface area (Å²) in [7, 11) is 3.82. The molecule has 0 aliphatic carbocycles. The molecule has 1 aliphatic heterocycles. The number of ether oxygens (including phenoxy) is 1. The minimum Gasteiger partial charge on any atom is -0.481 e. The number of aromatic nitrogens is 1. The van der Waals surface area contributed by atoms with Crippen molar-refractivity contribution in [3.8, 4) is 5.88 Å². The summed E-state index contributed by atoms with van der Waals surface area (Å²) in [5, 5.41) is 0. The summed E-state index contributed by atoms with van der Waals surface area (Å²) < 4.78 is 5.11. The molecule has 1 aliphatic rings. The van der Waals surface area contributed by atoms with Crippen molar-refractivity contribution < 1.29 is 4.74 Å². The summed E-state index contributed by atoms with van der Waals surface area (Å²) in [6, 6.07) is 4.43. The summed E-state index contributed by atoms with van der Waals surface area (Å²) in [4.78, 5) is 6.73. The van der Waals surface area contributed by atoms with E-state index in [9.17, 15) is 0 Å². The Morgan fingerprint density at radius 1 is 1.44 bits per heavy atom. The van der Waals surface area contributed by atoms with Crippen molar-refractivity contribution in [1.82, 2.24) is 9.88 Å². The van der Waals surface area contributed by atoms with Gasteiger partial charge >= 0.3 is 0 Å². The van der Waals surface area contributed by atoms with Gasteiger partial charge in [0.15, 0.2) is 0 Å². The van der Waals surface area contributed by atoms with Crippen LogP contribution in [0, 0.1) is 5.92 Å². The van der Waals surface area contributed by atoms with Crippen LogP contribution in [0.4, 0.5) is 0 Å². The normalized spacial score (nSPS) is 25.7. The van der Waals surface area contributed by atoms with Crippen molar-refractivity contribution in [2.45, 2.75) is 25.3 Å². The first-order chi connectivity index (χ1) is 8.76. The van der Waals surface area contributed by atoms with Gasteiger partial charge in [-0.3, -0.25) is 4.90 Å². The number of nitrogens with zero attached hydrogens (tertiary/aromatic N) is 2. The first kappa shape index (κ1) is 13.3. The molecule has 18 heavy (non-hydrogen) atoms. The third kappa shape index (κ3) is 2.82. The summed E-state index contributed by atoms with van der Waals surface area (Å²) in [5.41, 5.74) is 7.19. The molecule has 0 amide bonds. The van der Waals surface area contributed by atoms with Crippen LogP contribution in [0.2, 0.25) is 0 Å². The van der Waals surface area contributed by atoms with Crippen LogP contribution in [0.25, 0.3) is 0 Å². The SMILES string of the molecule is COc1ccc(C2C(CN)CCCCN2C)cn1. The second-order valence-electron chi connectivity index (χ2n) is 5.05. The van der Waals surface area contributed by atoms with Crippen molar-refractivity contribution >= 4 is 0 Å². The van der Waals surface area contributed by atoms with Crippen LogP contribution in [0.15, 0.2) is 18.3 Å². The highest BCUT2D eigenvalue weighted by atomic mass is 16.5. The van der Waals surface area contributed by atoms with Gasteiger partial charge in [0.25, 0.3) is 0 Å². The lowest BCUT2D eigenvalue weighted by molar-refractivity contribution is 0.195. The zero-order valence-corrected chi connectivity index (χ0v) is 11.3. The maximum atomic E-state index is 5.95. The van der Waals surface area contributed by atoms with Crippen molar-refractivity contribution in [2.24, 2.45) is 11.7 Å². The first-order valence-corrected chi connectivity index (χ1v) is 6.66. The van der Waals surface area contributed by atoms with E-state index in [4.69, 9.17) is 10.5 Å². The topological polar surface area (TPSA) is 51.4 Å². The molecular weight excluding hydrogens is 226 g/mol. The van der Waals surface area contributed by atoms with Crippen LogP contribution >= 0.6 is 0 Å². The van der Waals surface area contributed by atoms with E-state index < -0.39 is 0 Å². The van der Waals surface area contributed by atoms with Crippen molar-refractivity contribution in [3.05, 3.63) is 23.9 Å². The summed E-state index contributed by atoms with van der Waals surface area (Å²) in [6.07, 6.45) is 5.66. The third-order valence-corrected chi connectivity index (χ3v) is 3.87. The number of likely N-dealkylation sites (tertiary alicyclic amines) is 1. The molecule has 1 aromatic rings. The molecular formula is C14H23N3O. The van der Waals surface area contributed by atoms with Gasteiger partial charge in [-0.1, -0.05) is 12.5 Å². The van der Waals surface area contributed by atoms with E-state index in [1.54, 1.807) is 7.11 Å². The van der Waals surface area contributed by atoms with Crippen molar-refractivity contribution in [2.75, 3.05) is 27.2 Å². The second kappa shape index (κ2) is 6.16. The highest BCUT2D eigenvalue weighted by Crippen LogP contribution is 2.33. The third-order valence-electron chi connectivity index (χ3n) is 3.87. The van der Waals surface area contributed by atoms with Gasteiger partial charge in [0, 0.05) is 18.3 Å². The molecule has 2 unspecified atom stereocenters. The van der Waals surface area contributed by atoms with Crippen LogP contribution in [0.1, 0.15) is 30.9 Å². The Morgan fingerprint density at radius 3 is 2.89 bits per heavy atom. The number of pyridine rings is 1. The predicted molar refractivity (Wildman–Crippen MR) is 72.6 cm³/mol. The molecule has 4 heteroatoms. The molecule has 0 saturated carbocycles. The van der Waals surface area contributed by atoms with Gasteiger partial charge in [-0.25, -0.2) is 4.98 Å². The highest BCUT2D eigenvalue weighted by molar-refractivity contribution is 5.22. The number of hydrogen-bond donors (Lipinski definition) is 1. The maximum Gasteiger partial charge on any atom is 0.212 e. The number of rotatable bonds is 3. The quantitative estimate of drug-likeness (QED) is 0.888. The zero-order chi connectivity index (χ0) is 13.0. The number of hydrogen-bond acceptors (Lipinski definition) is 4. The fourth-order valence-electron chi connectivity index (χ4n) is 2.89. The smallest absolute Gasteiger partial charge is 0.212 e. The maximum absolute atomic E-state index is 5.95. The molecule has 4 nitrogen and oxygen atoms in total. The van der Waals surface area contributed by atoms with E-state index in [1.807, 2.05) is 12.3 Å². The van der Waals surface area contributed by atoms with Crippen LogP contribution in [-0.2, 0) is 0 Å². The molecule has 0 radical (unpaired) electrons. The van der Waals surface area contributed by atoms with Crippen LogP contribution < -0.4 is 10.5 Å². The second-order valence-corrected chi connectivity index (χ2v) is 5.05. The monoisotopic (exact) mass is 249 g/mol. The van der Waals surface area contributed by atoms with Gasteiger partial charge in [-0.05, 0) is 44.5 Å². The number of nitrogens with two attached hydrogens (primary N) is 1. The van der Waals surface area contributed by atoms with Gasteiger partial charge in [-0.15, -0.1) is 0 Å². The van der Waals surface area contributed by atoms with Gasteiger partial charge in [0.1, 0.15) is 0 Å². The van der Waals surface area contributed by atoms with Gasteiger partial charge in [-0.2, -0.15) is 0 Å². The van der Waals surface area contributed by atoms with Gasteiger partial charge < -0.3 is 10.5 Å². The zero-order valence-electron chi connectivity index (χ0n) is 11.3. The Kier molecular flexibility index (Phi) is 4.55. The molecule has 100 valence electrons. The van der Waals surface area contributed by atoms with Gasteiger partial charge in [0.2, 0.25) is 5.88 Å². The van der Waals surface area contributed by atoms with E-state index in [1.165, 1.54) is 24.8 Å². The van der Waals surface area contributed by atoms with Crippen LogP contribution in [0.3, 0.4) is 0 Å². The van der Waals surface area contributed by atoms with Crippen molar-refractivity contribution in [3.63, 3.8) is 0 Å². The molecule has 1 aromatic heterocycles. The standard InChI is InChI=1S/C14H23N3O/c1-17-8-4-3-5-11(9-15)14(17)12-6-7-13(18-2)16-10-12/h6-7,10-11,14H,3-5,8-9,15H2,1-2H3. The van der Waals surface area contributed by atoms with Crippen molar-refractivity contribution in [1.29, 1.82) is 0 Å². The van der Waals surface area contributed by atoms with E-state index in [0.29, 0.717) is 17.8 Å². The lowest BCUT2D eigenvalue weighted by Crippen LogP contribution is -2.33. The fourth-order valence-corrected chi connectivity index (χ4v) is 2.89. The lowest BCUT2D eigenvalue weighted by atomic mass is 9.90. The molecule has 0 bridgehead atoms. The first-order valence-electron chi connectivity index (χ1n) is 6.66. The van der Waals surface area contributed by atoms with E-state index in [-0.39, 0.29) is 0 Å². The Labute approximate surface area is 109 Å². The molecule has 2 heterocycles. The average Bonchev–Trinajstić information content (AvgIpc) is 2.60. The minimum absolute atomic E-state index is 0.385. The Bertz CT molecular complexity index is 366. The largest absolute Gasteiger partial charge is 0.481 e. The molecule has 2 N–H and O–H groups in total.